The molecular weight excluding hydrogens is 347 g/mol. The molecule has 0 saturated heterocycles. The van der Waals surface area contributed by atoms with E-state index < -0.39 is 17.7 Å². The lowest BCUT2D eigenvalue weighted by Gasteiger charge is -2.19. The molecule has 0 bridgehead atoms. The fourth-order valence-electron chi connectivity index (χ4n) is 3.03. The van der Waals surface area contributed by atoms with Gasteiger partial charge in [0.1, 0.15) is 17.1 Å². The van der Waals surface area contributed by atoms with Gasteiger partial charge >= 0.3 is 12.1 Å². The van der Waals surface area contributed by atoms with Gasteiger partial charge in [0.15, 0.2) is 0 Å². The average Bonchev–Trinajstić information content (AvgIpc) is 3.14. The third kappa shape index (κ3) is 3.31. The van der Waals surface area contributed by atoms with Gasteiger partial charge in [0.05, 0.1) is 18.7 Å². The first kappa shape index (κ1) is 18.0. The molecule has 2 heterocycles. The zero-order valence-electron chi connectivity index (χ0n) is 14.2. The first-order valence-corrected chi connectivity index (χ1v) is 8.16. The molecule has 1 aliphatic heterocycles. The number of nitrogens with zero attached hydrogens (tertiary/aromatic N) is 3. The SMILES string of the molecule is C=Cc1nn2c(c1C(=O)OCC)N(Cc1cccc(C(F)(F)F)c1)CC2. The predicted octanol–water partition coefficient (Wildman–Crippen LogP) is 3.74. The number of halogens is 3. The van der Waals surface area contributed by atoms with Crippen LogP contribution in [0.25, 0.3) is 6.08 Å². The summed E-state index contributed by atoms with van der Waals surface area (Å²) in [5, 5.41) is 4.34. The summed E-state index contributed by atoms with van der Waals surface area (Å²) in [6.45, 7) is 6.90. The summed E-state index contributed by atoms with van der Waals surface area (Å²) in [5.74, 6) is 0.0374. The number of ether oxygens (including phenoxy) is 1. The average molecular weight is 365 g/mol. The molecule has 0 atom stereocenters. The van der Waals surface area contributed by atoms with Gasteiger partial charge in [-0.25, -0.2) is 9.48 Å². The van der Waals surface area contributed by atoms with Gasteiger partial charge in [0.2, 0.25) is 0 Å². The van der Waals surface area contributed by atoms with Crippen molar-refractivity contribution in [2.75, 3.05) is 18.1 Å². The monoisotopic (exact) mass is 365 g/mol. The maximum absolute atomic E-state index is 12.9. The minimum Gasteiger partial charge on any atom is -0.462 e. The van der Waals surface area contributed by atoms with Crippen LogP contribution in [0.5, 0.6) is 0 Å². The number of esters is 1. The van der Waals surface area contributed by atoms with Gasteiger partial charge in [0, 0.05) is 13.1 Å². The van der Waals surface area contributed by atoms with E-state index in [0.29, 0.717) is 35.7 Å². The van der Waals surface area contributed by atoms with Gasteiger partial charge in [-0.3, -0.25) is 0 Å². The highest BCUT2D eigenvalue weighted by molar-refractivity contribution is 5.98. The van der Waals surface area contributed by atoms with Crippen LogP contribution in [0.15, 0.2) is 30.8 Å². The molecule has 0 radical (unpaired) electrons. The molecular formula is C18H18F3N3O2. The van der Waals surface area contributed by atoms with E-state index >= 15 is 0 Å². The van der Waals surface area contributed by atoms with Crippen molar-refractivity contribution in [3.8, 4) is 0 Å². The lowest BCUT2D eigenvalue weighted by Crippen LogP contribution is -2.22. The van der Waals surface area contributed by atoms with Crippen LogP contribution in [0.1, 0.15) is 34.1 Å². The number of rotatable bonds is 5. The second-order valence-electron chi connectivity index (χ2n) is 5.85. The second-order valence-corrected chi connectivity index (χ2v) is 5.85. The van der Waals surface area contributed by atoms with Gasteiger partial charge in [-0.2, -0.15) is 18.3 Å². The van der Waals surface area contributed by atoms with Crippen LogP contribution in [0, 0.1) is 0 Å². The Bertz CT molecular complexity index is 843. The summed E-state index contributed by atoms with van der Waals surface area (Å²) >= 11 is 0. The molecule has 5 nitrogen and oxygen atoms in total. The predicted molar refractivity (Wildman–Crippen MR) is 90.8 cm³/mol. The molecule has 0 saturated carbocycles. The van der Waals surface area contributed by atoms with Crippen LogP contribution >= 0.6 is 0 Å². The van der Waals surface area contributed by atoms with E-state index in [0.717, 1.165) is 12.1 Å². The molecule has 0 spiro atoms. The van der Waals surface area contributed by atoms with E-state index in [9.17, 15) is 18.0 Å². The van der Waals surface area contributed by atoms with E-state index in [4.69, 9.17) is 4.74 Å². The number of carbonyl (C=O) groups is 1. The summed E-state index contributed by atoms with van der Waals surface area (Å²) < 4.78 is 45.5. The highest BCUT2D eigenvalue weighted by Crippen LogP contribution is 2.33. The first-order chi connectivity index (χ1) is 12.3. The number of alkyl halides is 3. The standard InChI is InChI=1S/C18H18F3N3O2/c1-3-14-15(17(25)26-4-2)16-23(8-9-24(16)22-14)11-12-6-5-7-13(10-12)18(19,20)21/h3,5-7,10H,1,4,8-9,11H2,2H3. The Morgan fingerprint density at radius 1 is 1.38 bits per heavy atom. The zero-order valence-corrected chi connectivity index (χ0v) is 14.2. The molecule has 8 heteroatoms. The van der Waals surface area contributed by atoms with Crippen molar-refractivity contribution in [2.24, 2.45) is 0 Å². The number of fused-ring (bicyclic) bond motifs is 1. The highest BCUT2D eigenvalue weighted by atomic mass is 19.4. The molecule has 0 N–H and O–H groups in total. The molecule has 138 valence electrons. The van der Waals surface area contributed by atoms with E-state index in [1.54, 1.807) is 17.7 Å². The van der Waals surface area contributed by atoms with Crippen LogP contribution in [0.4, 0.5) is 19.0 Å². The Balaban J connectivity index is 1.94. The third-order valence-corrected chi connectivity index (χ3v) is 4.13. The van der Waals surface area contributed by atoms with Crippen LogP contribution in [0.3, 0.4) is 0 Å². The van der Waals surface area contributed by atoms with Gasteiger partial charge in [-0.05, 0) is 30.7 Å². The molecule has 0 aliphatic carbocycles. The van der Waals surface area contributed by atoms with Crippen LogP contribution in [-0.4, -0.2) is 28.9 Å². The molecule has 1 aliphatic rings. The van der Waals surface area contributed by atoms with Crippen LogP contribution in [-0.2, 0) is 24.0 Å². The number of aromatic nitrogens is 2. The van der Waals surface area contributed by atoms with Crippen molar-refractivity contribution in [3.05, 3.63) is 53.2 Å². The largest absolute Gasteiger partial charge is 0.462 e. The Morgan fingerprint density at radius 3 is 2.81 bits per heavy atom. The lowest BCUT2D eigenvalue weighted by atomic mass is 10.1. The van der Waals surface area contributed by atoms with Gasteiger partial charge in [-0.1, -0.05) is 18.7 Å². The highest BCUT2D eigenvalue weighted by Gasteiger charge is 2.33. The summed E-state index contributed by atoms with van der Waals surface area (Å²) in [5.41, 5.74) is 0.517. The Kier molecular flexibility index (Phi) is 4.76. The van der Waals surface area contributed by atoms with Crippen molar-refractivity contribution in [3.63, 3.8) is 0 Å². The quantitative estimate of drug-likeness (QED) is 0.758. The Morgan fingerprint density at radius 2 is 2.15 bits per heavy atom. The number of hydrogen-bond acceptors (Lipinski definition) is 4. The minimum atomic E-state index is -4.39. The number of carbonyl (C=O) groups excluding carboxylic acids is 1. The van der Waals surface area contributed by atoms with Crippen molar-refractivity contribution in [1.82, 2.24) is 9.78 Å². The summed E-state index contributed by atoms with van der Waals surface area (Å²) in [6, 6.07) is 5.18. The van der Waals surface area contributed by atoms with E-state index in [-0.39, 0.29) is 13.2 Å². The van der Waals surface area contributed by atoms with Crippen LogP contribution in [0.2, 0.25) is 0 Å². The molecule has 0 unspecified atom stereocenters. The molecule has 1 aromatic heterocycles. The van der Waals surface area contributed by atoms with E-state index in [2.05, 4.69) is 11.7 Å². The molecule has 26 heavy (non-hydrogen) atoms. The van der Waals surface area contributed by atoms with Crippen molar-refractivity contribution < 1.29 is 22.7 Å². The first-order valence-electron chi connectivity index (χ1n) is 8.16. The van der Waals surface area contributed by atoms with Gasteiger partial charge < -0.3 is 9.64 Å². The fourth-order valence-corrected chi connectivity index (χ4v) is 3.03. The van der Waals surface area contributed by atoms with Crippen LogP contribution < -0.4 is 4.90 Å². The van der Waals surface area contributed by atoms with Gasteiger partial charge in [-0.15, -0.1) is 0 Å². The number of hydrogen-bond donors (Lipinski definition) is 0. The zero-order chi connectivity index (χ0) is 18.9. The lowest BCUT2D eigenvalue weighted by molar-refractivity contribution is -0.137. The fraction of sp³-hybridized carbons (Fsp3) is 0.333. The van der Waals surface area contributed by atoms with E-state index in [1.165, 1.54) is 12.1 Å². The Labute approximate surface area is 148 Å². The maximum atomic E-state index is 12.9. The molecule has 1 aromatic carbocycles. The third-order valence-electron chi connectivity index (χ3n) is 4.13. The second kappa shape index (κ2) is 6.86. The number of benzene rings is 1. The smallest absolute Gasteiger partial charge is 0.416 e. The molecule has 0 fully saturated rings. The molecule has 3 rings (SSSR count). The van der Waals surface area contributed by atoms with Gasteiger partial charge in [0.25, 0.3) is 0 Å². The Hall–Kier alpha value is -2.77. The van der Waals surface area contributed by atoms with Crippen molar-refractivity contribution in [2.45, 2.75) is 26.2 Å². The summed E-state index contributed by atoms with van der Waals surface area (Å²) in [6.07, 6.45) is -2.92. The normalized spacial score (nSPS) is 13.6. The maximum Gasteiger partial charge on any atom is 0.416 e. The number of anilines is 1. The topological polar surface area (TPSA) is 47.4 Å². The van der Waals surface area contributed by atoms with E-state index in [1.807, 2.05) is 4.90 Å². The molecule has 0 amide bonds. The summed E-state index contributed by atoms with van der Waals surface area (Å²) in [7, 11) is 0. The molecule has 2 aromatic rings. The van der Waals surface area contributed by atoms with Crippen molar-refractivity contribution in [1.29, 1.82) is 0 Å². The minimum absolute atomic E-state index is 0.216. The van der Waals surface area contributed by atoms with Crippen molar-refractivity contribution >= 4 is 17.9 Å². The summed E-state index contributed by atoms with van der Waals surface area (Å²) in [4.78, 5) is 14.2.